The molecule has 0 saturated heterocycles. The Kier molecular flexibility index (Phi) is 4.88. The molecular weight excluding hydrogens is 388 g/mol. The average Bonchev–Trinajstić information content (AvgIpc) is 2.85. The lowest BCUT2D eigenvalue weighted by molar-refractivity contribution is 0.0935. The second-order valence-corrected chi connectivity index (χ2v) is 6.09. The molecule has 1 heterocycles. The van der Waals surface area contributed by atoms with Gasteiger partial charge >= 0.3 is 0 Å². The second-order valence-electron chi connectivity index (χ2n) is 4.32. The molecule has 106 valence electrons. The fourth-order valence-corrected chi connectivity index (χ4v) is 2.71. The minimum Gasteiger partial charge on any atom is -0.496 e. The van der Waals surface area contributed by atoms with Crippen LogP contribution in [0.15, 0.2) is 39.4 Å². The predicted octanol–water partition coefficient (Wildman–Crippen LogP) is 4.04. The number of aromatic amines is 1. The summed E-state index contributed by atoms with van der Waals surface area (Å²) in [5.74, 6) is 0.621. The van der Waals surface area contributed by atoms with Gasteiger partial charge in [-0.1, -0.05) is 6.07 Å². The van der Waals surface area contributed by atoms with Gasteiger partial charge < -0.3 is 15.0 Å². The maximum Gasteiger partial charge on any atom is 0.268 e. The third kappa shape index (κ3) is 3.43. The predicted molar refractivity (Wildman–Crippen MR) is 85.1 cm³/mol. The van der Waals surface area contributed by atoms with Gasteiger partial charge in [0.15, 0.2) is 0 Å². The topological polar surface area (TPSA) is 54.1 Å². The van der Waals surface area contributed by atoms with Gasteiger partial charge in [-0.15, -0.1) is 0 Å². The Bertz CT molecular complexity index is 625. The molecule has 6 heteroatoms. The Morgan fingerprint density at radius 3 is 2.65 bits per heavy atom. The van der Waals surface area contributed by atoms with Crippen LogP contribution in [0.3, 0.4) is 0 Å². The van der Waals surface area contributed by atoms with E-state index in [4.69, 9.17) is 4.74 Å². The highest BCUT2D eigenvalue weighted by atomic mass is 79.9. The number of amides is 1. The Hall–Kier alpha value is -1.27. The first-order valence-electron chi connectivity index (χ1n) is 5.99. The molecule has 0 radical (unpaired) electrons. The first kappa shape index (κ1) is 15.1. The van der Waals surface area contributed by atoms with E-state index in [0.717, 1.165) is 20.3 Å². The minimum absolute atomic E-state index is 0.105. The summed E-state index contributed by atoms with van der Waals surface area (Å²) in [6.07, 6.45) is 1.73. The molecule has 0 bridgehead atoms. The van der Waals surface area contributed by atoms with Crippen LogP contribution in [-0.2, 0) is 0 Å². The molecule has 0 aliphatic rings. The molecule has 1 aromatic heterocycles. The fourth-order valence-electron chi connectivity index (χ4n) is 1.81. The van der Waals surface area contributed by atoms with Crippen LogP contribution in [0.4, 0.5) is 0 Å². The Morgan fingerprint density at radius 2 is 2.10 bits per heavy atom. The van der Waals surface area contributed by atoms with E-state index < -0.39 is 0 Å². The number of hydrogen-bond acceptors (Lipinski definition) is 2. The molecule has 1 aromatic carbocycles. The molecule has 0 fully saturated rings. The van der Waals surface area contributed by atoms with Crippen molar-refractivity contribution in [2.45, 2.75) is 13.0 Å². The molecule has 0 aliphatic carbocycles. The molecule has 4 nitrogen and oxygen atoms in total. The lowest BCUT2D eigenvalue weighted by Crippen LogP contribution is -2.26. The van der Waals surface area contributed by atoms with Gasteiger partial charge in [0.05, 0.1) is 17.6 Å². The van der Waals surface area contributed by atoms with Crippen LogP contribution >= 0.6 is 31.9 Å². The number of carbonyl (C=O) groups is 1. The van der Waals surface area contributed by atoms with E-state index in [-0.39, 0.29) is 11.9 Å². The van der Waals surface area contributed by atoms with Crippen molar-refractivity contribution in [3.05, 3.63) is 50.7 Å². The van der Waals surface area contributed by atoms with E-state index in [2.05, 4.69) is 42.2 Å². The van der Waals surface area contributed by atoms with Crippen molar-refractivity contribution in [3.63, 3.8) is 0 Å². The van der Waals surface area contributed by atoms with E-state index in [1.165, 1.54) is 0 Å². The zero-order chi connectivity index (χ0) is 14.7. The van der Waals surface area contributed by atoms with Gasteiger partial charge in [-0.3, -0.25) is 4.79 Å². The lowest BCUT2D eigenvalue weighted by atomic mass is 10.1. The molecular formula is C14H14Br2N2O2. The van der Waals surface area contributed by atoms with Crippen molar-refractivity contribution < 1.29 is 9.53 Å². The van der Waals surface area contributed by atoms with E-state index in [1.54, 1.807) is 19.4 Å². The first-order chi connectivity index (χ1) is 9.51. The van der Waals surface area contributed by atoms with Crippen molar-refractivity contribution in [3.8, 4) is 5.75 Å². The zero-order valence-corrected chi connectivity index (χ0v) is 14.2. The number of methoxy groups -OCH3 is 1. The second kappa shape index (κ2) is 6.45. The van der Waals surface area contributed by atoms with Gasteiger partial charge in [0.1, 0.15) is 11.4 Å². The quantitative estimate of drug-likeness (QED) is 0.812. The smallest absolute Gasteiger partial charge is 0.268 e. The molecule has 0 aliphatic heterocycles. The summed E-state index contributed by atoms with van der Waals surface area (Å²) >= 11 is 6.75. The first-order valence-corrected chi connectivity index (χ1v) is 7.58. The molecule has 1 amide bonds. The Balaban J connectivity index is 2.10. The van der Waals surface area contributed by atoms with Crippen LogP contribution in [0, 0.1) is 0 Å². The number of benzene rings is 1. The zero-order valence-electron chi connectivity index (χ0n) is 11.0. The van der Waals surface area contributed by atoms with Crippen LogP contribution in [-0.4, -0.2) is 18.0 Å². The van der Waals surface area contributed by atoms with E-state index >= 15 is 0 Å². The van der Waals surface area contributed by atoms with Crippen LogP contribution < -0.4 is 10.1 Å². The van der Waals surface area contributed by atoms with Gasteiger partial charge in [0.25, 0.3) is 5.91 Å². The SMILES string of the molecule is COc1ccc(C(C)NC(=O)c2cc(Br)c[nH]2)cc1Br. The maximum absolute atomic E-state index is 12.1. The van der Waals surface area contributed by atoms with Gasteiger partial charge in [-0.05, 0) is 62.5 Å². The number of hydrogen-bond donors (Lipinski definition) is 2. The minimum atomic E-state index is -0.143. The van der Waals surface area contributed by atoms with E-state index in [1.807, 2.05) is 25.1 Å². The van der Waals surface area contributed by atoms with Gasteiger partial charge in [0.2, 0.25) is 0 Å². The Labute approximate surface area is 134 Å². The third-order valence-corrected chi connectivity index (χ3v) is 3.99. The summed E-state index contributed by atoms with van der Waals surface area (Å²) in [5, 5.41) is 2.94. The highest BCUT2D eigenvalue weighted by Crippen LogP contribution is 2.28. The number of rotatable bonds is 4. The number of aromatic nitrogens is 1. The summed E-state index contributed by atoms with van der Waals surface area (Å²) in [5.41, 5.74) is 1.52. The number of carbonyl (C=O) groups excluding carboxylic acids is 1. The summed E-state index contributed by atoms with van der Waals surface area (Å²) in [4.78, 5) is 15.0. The normalized spacial score (nSPS) is 12.0. The van der Waals surface area contributed by atoms with Gasteiger partial charge in [-0.25, -0.2) is 0 Å². The fraction of sp³-hybridized carbons (Fsp3) is 0.214. The molecule has 2 N–H and O–H groups in total. The van der Waals surface area contributed by atoms with Crippen molar-refractivity contribution in [1.82, 2.24) is 10.3 Å². The number of ether oxygens (including phenoxy) is 1. The standard InChI is InChI=1S/C14H14Br2N2O2/c1-8(9-3-4-13(20-2)11(16)5-9)18-14(19)12-6-10(15)7-17-12/h3-8,17H,1-2H3,(H,18,19). The molecule has 2 rings (SSSR count). The van der Waals surface area contributed by atoms with Crippen molar-refractivity contribution >= 4 is 37.8 Å². The third-order valence-electron chi connectivity index (χ3n) is 2.92. The molecule has 1 unspecified atom stereocenters. The van der Waals surface area contributed by atoms with E-state index in [0.29, 0.717) is 5.69 Å². The molecule has 0 saturated carbocycles. The van der Waals surface area contributed by atoms with Crippen LogP contribution in [0.25, 0.3) is 0 Å². The number of halogens is 2. The van der Waals surface area contributed by atoms with Gasteiger partial charge in [-0.2, -0.15) is 0 Å². The monoisotopic (exact) mass is 400 g/mol. The van der Waals surface area contributed by atoms with Crippen molar-refractivity contribution in [1.29, 1.82) is 0 Å². The van der Waals surface area contributed by atoms with E-state index in [9.17, 15) is 4.79 Å². The highest BCUT2D eigenvalue weighted by Gasteiger charge is 2.14. The molecule has 20 heavy (non-hydrogen) atoms. The van der Waals surface area contributed by atoms with Crippen LogP contribution in [0.2, 0.25) is 0 Å². The van der Waals surface area contributed by atoms with Crippen LogP contribution in [0.5, 0.6) is 5.75 Å². The van der Waals surface area contributed by atoms with Crippen molar-refractivity contribution in [2.24, 2.45) is 0 Å². The van der Waals surface area contributed by atoms with Crippen molar-refractivity contribution in [2.75, 3.05) is 7.11 Å². The summed E-state index contributed by atoms with van der Waals surface area (Å²) in [7, 11) is 1.62. The average molecular weight is 402 g/mol. The molecule has 1 atom stereocenters. The molecule has 2 aromatic rings. The Morgan fingerprint density at radius 1 is 1.35 bits per heavy atom. The highest BCUT2D eigenvalue weighted by molar-refractivity contribution is 9.10. The summed E-state index contributed by atoms with van der Waals surface area (Å²) < 4.78 is 6.90. The summed E-state index contributed by atoms with van der Waals surface area (Å²) in [6.45, 7) is 1.93. The van der Waals surface area contributed by atoms with Gasteiger partial charge in [0, 0.05) is 10.7 Å². The lowest BCUT2D eigenvalue weighted by Gasteiger charge is -2.15. The van der Waals surface area contributed by atoms with Crippen LogP contribution in [0.1, 0.15) is 29.0 Å². The number of H-pyrrole nitrogens is 1. The maximum atomic E-state index is 12.1. The number of nitrogens with one attached hydrogen (secondary N) is 2. The largest absolute Gasteiger partial charge is 0.496 e. The molecule has 0 spiro atoms. The summed E-state index contributed by atoms with van der Waals surface area (Å²) in [6, 6.07) is 7.37.